The Morgan fingerprint density at radius 3 is 2.24 bits per heavy atom. The molecule has 2 fully saturated rings. The van der Waals surface area contributed by atoms with Crippen LogP contribution < -0.4 is 0 Å². The van der Waals surface area contributed by atoms with E-state index < -0.39 is 45.3 Å². The van der Waals surface area contributed by atoms with E-state index in [2.05, 4.69) is 6.58 Å². The Labute approximate surface area is 148 Å². The highest BCUT2D eigenvalue weighted by molar-refractivity contribution is 7.86. The average molecular weight is 374 g/mol. The fourth-order valence-corrected chi connectivity index (χ4v) is 6.44. The third-order valence-electron chi connectivity index (χ3n) is 6.43. The summed E-state index contributed by atoms with van der Waals surface area (Å²) >= 11 is 0. The Kier molecular flexibility index (Phi) is 4.62. The summed E-state index contributed by atoms with van der Waals surface area (Å²) in [5.41, 5.74) is -3.04. The molecule has 0 aromatic rings. The van der Waals surface area contributed by atoms with Gasteiger partial charge in [0.25, 0.3) is 10.1 Å². The predicted molar refractivity (Wildman–Crippen MR) is 90.0 cm³/mol. The van der Waals surface area contributed by atoms with Crippen molar-refractivity contribution in [2.45, 2.75) is 52.7 Å². The van der Waals surface area contributed by atoms with Crippen molar-refractivity contribution in [3.8, 4) is 0 Å². The second kappa shape index (κ2) is 5.81. The monoisotopic (exact) mass is 374 g/mol. The number of ether oxygens (including phenoxy) is 2. The van der Waals surface area contributed by atoms with E-state index >= 15 is 0 Å². The van der Waals surface area contributed by atoms with Crippen LogP contribution in [0.25, 0.3) is 0 Å². The third kappa shape index (κ3) is 2.79. The maximum absolute atomic E-state index is 12.3. The fourth-order valence-electron chi connectivity index (χ4n) is 4.27. The molecule has 2 aliphatic rings. The van der Waals surface area contributed by atoms with Crippen molar-refractivity contribution < 1.29 is 31.7 Å². The second-order valence-corrected chi connectivity index (χ2v) is 9.32. The molecular formula is C17H26O7S. The van der Waals surface area contributed by atoms with Gasteiger partial charge in [0, 0.05) is 11.0 Å². The number of rotatable bonds is 4. The summed E-state index contributed by atoms with van der Waals surface area (Å²) in [5.74, 6) is -1.90. The Bertz CT molecular complexity index is 695. The van der Waals surface area contributed by atoms with Crippen LogP contribution >= 0.6 is 0 Å². The largest absolute Gasteiger partial charge is 0.453 e. The van der Waals surface area contributed by atoms with Crippen LogP contribution in [0.4, 0.5) is 0 Å². The van der Waals surface area contributed by atoms with Gasteiger partial charge in [0.1, 0.15) is 11.2 Å². The summed E-state index contributed by atoms with van der Waals surface area (Å²) in [6.07, 6.45) is 0. The van der Waals surface area contributed by atoms with E-state index in [4.69, 9.17) is 13.7 Å². The van der Waals surface area contributed by atoms with Crippen molar-refractivity contribution in [2.75, 3.05) is 12.4 Å². The molecule has 0 spiro atoms. The van der Waals surface area contributed by atoms with Crippen LogP contribution in [0.2, 0.25) is 0 Å². The molecule has 5 unspecified atom stereocenters. The molecule has 0 amide bonds. The zero-order valence-corrected chi connectivity index (χ0v) is 16.4. The normalized spacial score (nSPS) is 41.8. The van der Waals surface area contributed by atoms with Gasteiger partial charge in [-0.2, -0.15) is 8.42 Å². The van der Waals surface area contributed by atoms with Crippen LogP contribution in [0.5, 0.6) is 0 Å². The molecule has 1 heterocycles. The zero-order valence-electron chi connectivity index (χ0n) is 15.5. The number of hydrogen-bond acceptors (Lipinski definition) is 7. The Morgan fingerprint density at radius 2 is 1.76 bits per heavy atom. The molecule has 25 heavy (non-hydrogen) atoms. The van der Waals surface area contributed by atoms with E-state index in [1.54, 1.807) is 20.8 Å². The summed E-state index contributed by atoms with van der Waals surface area (Å²) in [5, 5.41) is 0. The Hall–Kier alpha value is -1.41. The van der Waals surface area contributed by atoms with Gasteiger partial charge in [-0.25, -0.2) is 9.59 Å². The first-order valence-corrected chi connectivity index (χ1v) is 9.76. The van der Waals surface area contributed by atoms with Crippen molar-refractivity contribution in [1.82, 2.24) is 0 Å². The first-order chi connectivity index (χ1) is 11.2. The van der Waals surface area contributed by atoms with Crippen LogP contribution in [0.15, 0.2) is 12.2 Å². The van der Waals surface area contributed by atoms with Gasteiger partial charge in [-0.05, 0) is 32.6 Å². The lowest BCUT2D eigenvalue weighted by molar-refractivity contribution is -0.207. The zero-order chi connectivity index (χ0) is 19.4. The minimum Gasteiger partial charge on any atom is -0.453 e. The topological polar surface area (TPSA) is 96.0 Å². The van der Waals surface area contributed by atoms with E-state index in [1.165, 1.54) is 6.92 Å². The molecule has 7 nitrogen and oxygen atoms in total. The first kappa shape index (κ1) is 19.9. The van der Waals surface area contributed by atoms with E-state index in [1.807, 2.05) is 13.8 Å². The predicted octanol–water partition coefficient (Wildman–Crippen LogP) is 1.82. The summed E-state index contributed by atoms with van der Waals surface area (Å²) in [7, 11) is -3.73. The number of fused-ring (bicyclic) bond motifs is 2. The molecule has 1 saturated heterocycles. The van der Waals surface area contributed by atoms with Gasteiger partial charge in [-0.1, -0.05) is 27.4 Å². The van der Waals surface area contributed by atoms with Gasteiger partial charge in [0.15, 0.2) is 6.61 Å². The van der Waals surface area contributed by atoms with Crippen molar-refractivity contribution >= 4 is 22.1 Å². The molecule has 0 aromatic carbocycles. The van der Waals surface area contributed by atoms with E-state index in [9.17, 15) is 18.0 Å². The van der Waals surface area contributed by atoms with E-state index in [-0.39, 0.29) is 23.2 Å². The molecule has 0 radical (unpaired) electrons. The lowest BCUT2D eigenvalue weighted by Gasteiger charge is -2.51. The minimum absolute atomic E-state index is 0.0643. The summed E-state index contributed by atoms with van der Waals surface area (Å²) in [6, 6.07) is 0. The quantitative estimate of drug-likeness (QED) is 0.421. The van der Waals surface area contributed by atoms with Crippen LogP contribution in [0, 0.1) is 17.3 Å². The molecule has 5 atom stereocenters. The van der Waals surface area contributed by atoms with Crippen molar-refractivity contribution in [3.63, 3.8) is 0 Å². The highest BCUT2D eigenvalue weighted by Crippen LogP contribution is 2.65. The number of hydrogen-bond donors (Lipinski definition) is 0. The average Bonchev–Trinajstić information content (AvgIpc) is 2.53. The molecule has 1 saturated carbocycles. The van der Waals surface area contributed by atoms with Crippen LogP contribution in [-0.4, -0.2) is 43.9 Å². The molecule has 2 rings (SSSR count). The standard InChI is InChI=1S/C17H26O7S/c1-10(2)14(19)22-8-13(18)23-17(7)15(5)9-25(20,21)24-16(17,6)12(4)11(15)3/h11-12H,1,8-9H2,2-7H3. The summed E-state index contributed by atoms with van der Waals surface area (Å²) < 4.78 is 40.5. The van der Waals surface area contributed by atoms with Gasteiger partial charge in [0.05, 0.1) is 5.75 Å². The molecule has 1 aliphatic carbocycles. The first-order valence-electron chi connectivity index (χ1n) is 8.18. The van der Waals surface area contributed by atoms with E-state index in [0.717, 1.165) is 0 Å². The van der Waals surface area contributed by atoms with Crippen LogP contribution in [0.1, 0.15) is 41.5 Å². The van der Waals surface area contributed by atoms with E-state index in [0.29, 0.717) is 0 Å². The number of esters is 2. The van der Waals surface area contributed by atoms with Gasteiger partial charge in [0.2, 0.25) is 0 Å². The Balaban J connectivity index is 2.31. The Morgan fingerprint density at radius 1 is 1.20 bits per heavy atom. The van der Waals surface area contributed by atoms with Crippen LogP contribution in [0.3, 0.4) is 0 Å². The molecule has 0 N–H and O–H groups in total. The molecule has 2 bridgehead atoms. The van der Waals surface area contributed by atoms with Crippen LogP contribution in [-0.2, 0) is 33.4 Å². The molecule has 0 aromatic heterocycles. The highest BCUT2D eigenvalue weighted by Gasteiger charge is 2.76. The highest BCUT2D eigenvalue weighted by atomic mass is 32.2. The van der Waals surface area contributed by atoms with Gasteiger partial charge in [-0.15, -0.1) is 0 Å². The number of carbonyl (C=O) groups is 2. The molecule has 8 heteroatoms. The van der Waals surface area contributed by atoms with Gasteiger partial charge >= 0.3 is 11.9 Å². The fraction of sp³-hybridized carbons (Fsp3) is 0.765. The molecule has 1 aliphatic heterocycles. The SMILES string of the molecule is C=C(C)C(=O)OCC(=O)OC1(C)C2(C)CS(=O)(=O)OC1(C)C(C)C2C. The van der Waals surface area contributed by atoms with Gasteiger partial charge < -0.3 is 9.47 Å². The third-order valence-corrected chi connectivity index (χ3v) is 7.98. The van der Waals surface area contributed by atoms with Gasteiger partial charge in [-0.3, -0.25) is 4.18 Å². The lowest BCUT2D eigenvalue weighted by atomic mass is 9.70. The van der Waals surface area contributed by atoms with Crippen molar-refractivity contribution in [2.24, 2.45) is 17.3 Å². The second-order valence-electron chi connectivity index (χ2n) is 7.75. The smallest absolute Gasteiger partial charge is 0.344 e. The summed E-state index contributed by atoms with van der Waals surface area (Å²) in [4.78, 5) is 23.7. The maximum Gasteiger partial charge on any atom is 0.344 e. The maximum atomic E-state index is 12.3. The minimum atomic E-state index is -3.73. The molecule has 142 valence electrons. The lowest BCUT2D eigenvalue weighted by Crippen LogP contribution is -2.65. The van der Waals surface area contributed by atoms with Crippen molar-refractivity contribution in [3.05, 3.63) is 12.2 Å². The molecular weight excluding hydrogens is 348 g/mol. The number of carbonyl (C=O) groups excluding carboxylic acids is 2. The van der Waals surface area contributed by atoms with Crippen molar-refractivity contribution in [1.29, 1.82) is 0 Å². The summed E-state index contributed by atoms with van der Waals surface area (Å²) in [6.45, 7) is 13.3.